The molecule has 0 aromatic heterocycles. The maximum atomic E-state index is 11.8. The van der Waals surface area contributed by atoms with Crippen LogP contribution in [0.3, 0.4) is 0 Å². The Labute approximate surface area is 218 Å². The van der Waals surface area contributed by atoms with Crippen molar-refractivity contribution in [2.45, 2.75) is 63.5 Å². The first-order valence-electron chi connectivity index (χ1n) is 12.3. The molecule has 0 aliphatic heterocycles. The highest BCUT2D eigenvalue weighted by atomic mass is 28.4. The van der Waals surface area contributed by atoms with Crippen LogP contribution in [0.4, 0.5) is 0 Å². The lowest BCUT2D eigenvalue weighted by Gasteiger charge is -2.23. The molecular weight excluding hydrogens is 504 g/mol. The van der Waals surface area contributed by atoms with E-state index in [4.69, 9.17) is 36.0 Å². The average molecular weight is 551 g/mol. The van der Waals surface area contributed by atoms with Gasteiger partial charge in [-0.3, -0.25) is 0 Å². The van der Waals surface area contributed by atoms with Crippen molar-refractivity contribution in [2.75, 3.05) is 55.9 Å². The maximum absolute atomic E-state index is 11.8. The van der Waals surface area contributed by atoms with E-state index in [1.165, 1.54) is 12.2 Å². The molecule has 0 amide bonds. The van der Waals surface area contributed by atoms with Gasteiger partial charge in [-0.25, -0.2) is 9.59 Å². The fourth-order valence-electron chi connectivity index (χ4n) is 3.37. The number of allylic oxidation sites excluding steroid dienone is 2. The second-order valence-electron chi connectivity index (χ2n) is 7.93. The molecule has 10 nitrogen and oxygen atoms in total. The summed E-state index contributed by atoms with van der Waals surface area (Å²) in [6, 6.07) is 1.18. The first kappa shape index (κ1) is 34.6. The predicted octanol–water partition coefficient (Wildman–Crippen LogP) is 4.06. The molecule has 0 bridgehead atoms. The third-order valence-corrected chi connectivity index (χ3v) is 11.3. The van der Waals surface area contributed by atoms with Gasteiger partial charge in [-0.2, -0.15) is 0 Å². The summed E-state index contributed by atoms with van der Waals surface area (Å²) in [4.78, 5) is 23.5. The zero-order chi connectivity index (χ0) is 27.1. The third kappa shape index (κ3) is 15.7. The monoisotopic (exact) mass is 550 g/mol. The van der Waals surface area contributed by atoms with E-state index >= 15 is 0 Å². The Hall–Kier alpha value is -1.39. The van der Waals surface area contributed by atoms with Gasteiger partial charge in [0.25, 0.3) is 0 Å². The first-order chi connectivity index (χ1) is 17.4. The summed E-state index contributed by atoms with van der Waals surface area (Å²) in [7, 11) is 4.14. The quantitative estimate of drug-likeness (QED) is 0.0800. The highest BCUT2D eigenvalue weighted by Gasteiger charge is 2.37. The van der Waals surface area contributed by atoms with Crippen molar-refractivity contribution in [1.29, 1.82) is 0 Å². The summed E-state index contributed by atoms with van der Waals surface area (Å²) in [5.41, 5.74) is 0. The number of esters is 2. The van der Waals surface area contributed by atoms with Gasteiger partial charge in [0.1, 0.15) is 0 Å². The average Bonchev–Trinajstić information content (AvgIpc) is 2.90. The molecule has 0 rings (SSSR count). The molecule has 210 valence electrons. The van der Waals surface area contributed by atoms with Crippen LogP contribution in [0.5, 0.6) is 0 Å². The molecule has 0 atom stereocenters. The number of rotatable bonds is 23. The van der Waals surface area contributed by atoms with Gasteiger partial charge in [0.15, 0.2) is 0 Å². The Morgan fingerprint density at radius 1 is 0.528 bits per heavy atom. The summed E-state index contributed by atoms with van der Waals surface area (Å²) >= 11 is 0. The van der Waals surface area contributed by atoms with E-state index in [0.717, 1.165) is 38.5 Å². The Morgan fingerprint density at radius 2 is 0.861 bits per heavy atom. The van der Waals surface area contributed by atoms with Crippen LogP contribution in [0.1, 0.15) is 51.4 Å². The second kappa shape index (κ2) is 21.7. The fourth-order valence-corrected chi connectivity index (χ4v) is 6.75. The topological polar surface area (TPSA) is 108 Å². The number of hydrogen-bond donors (Lipinski definition) is 0. The molecule has 0 radical (unpaired) electrons. The summed E-state index contributed by atoms with van der Waals surface area (Å²) < 4.78 is 42.4. The largest absolute Gasteiger partial charge is 0.500 e. The summed E-state index contributed by atoms with van der Waals surface area (Å²) in [6.07, 6.45) is 13.6. The number of carbonyl (C=O) groups is 2. The summed E-state index contributed by atoms with van der Waals surface area (Å²) in [5, 5.41) is 0. The van der Waals surface area contributed by atoms with Gasteiger partial charge in [0.05, 0.1) is 13.2 Å². The zero-order valence-corrected chi connectivity index (χ0v) is 24.9. The van der Waals surface area contributed by atoms with Gasteiger partial charge in [-0.05, 0) is 38.5 Å². The molecule has 0 unspecified atom stereocenters. The van der Waals surface area contributed by atoms with Crippen molar-refractivity contribution in [3.8, 4) is 0 Å². The minimum atomic E-state index is -2.61. The summed E-state index contributed by atoms with van der Waals surface area (Å²) in [5.74, 6) is -0.687. The molecule has 0 aromatic rings. The van der Waals surface area contributed by atoms with E-state index in [1.807, 2.05) is 12.2 Å². The molecule has 0 aliphatic rings. The number of ether oxygens (including phenoxy) is 2. The van der Waals surface area contributed by atoms with Crippen LogP contribution in [0.25, 0.3) is 0 Å². The lowest BCUT2D eigenvalue weighted by atomic mass is 10.1. The SMILES string of the molecule is CO[Si](CCCOC(=O)/C=C/CCCCCC/C=C/C(=O)OCCC[Si](OC)(OC)OC)(OC)OC. The Morgan fingerprint density at radius 3 is 1.17 bits per heavy atom. The lowest BCUT2D eigenvalue weighted by molar-refractivity contribution is -0.138. The van der Waals surface area contributed by atoms with Crippen molar-refractivity contribution >= 4 is 29.5 Å². The standard InChI is InChI=1S/C24H46O10Si2/c1-27-35(28-2,29-3)21-15-19-33-23(25)17-13-11-9-7-8-10-12-14-18-24(26)34-20-16-22-36(30-4,31-5)32-6/h13-14,17-18H,7-12,15-16,19-22H2,1-6H3/b17-13+,18-14+. The lowest BCUT2D eigenvalue weighted by Crippen LogP contribution is -2.42. The van der Waals surface area contributed by atoms with Gasteiger partial charge < -0.3 is 36.0 Å². The van der Waals surface area contributed by atoms with Gasteiger partial charge in [0.2, 0.25) is 0 Å². The van der Waals surface area contributed by atoms with Crippen LogP contribution in [-0.2, 0) is 45.6 Å². The molecule has 0 N–H and O–H groups in total. The molecule has 0 aliphatic carbocycles. The maximum Gasteiger partial charge on any atom is 0.500 e. The highest BCUT2D eigenvalue weighted by Crippen LogP contribution is 2.16. The third-order valence-electron chi connectivity index (χ3n) is 5.61. The molecule has 0 heterocycles. The van der Waals surface area contributed by atoms with E-state index in [-0.39, 0.29) is 11.9 Å². The number of unbranched alkanes of at least 4 members (excludes halogenated alkanes) is 5. The van der Waals surface area contributed by atoms with E-state index in [9.17, 15) is 9.59 Å². The molecule has 12 heteroatoms. The van der Waals surface area contributed by atoms with Crippen molar-refractivity contribution in [1.82, 2.24) is 0 Å². The Balaban J connectivity index is 3.74. The van der Waals surface area contributed by atoms with Gasteiger partial charge >= 0.3 is 29.5 Å². The van der Waals surface area contributed by atoms with Crippen molar-refractivity contribution < 1.29 is 45.6 Å². The van der Waals surface area contributed by atoms with Crippen LogP contribution >= 0.6 is 0 Å². The molecule has 0 saturated heterocycles. The molecule has 0 fully saturated rings. The highest BCUT2D eigenvalue weighted by molar-refractivity contribution is 6.60. The molecule has 36 heavy (non-hydrogen) atoms. The Kier molecular flexibility index (Phi) is 20.8. The molecule has 0 saturated carbocycles. The van der Waals surface area contributed by atoms with Crippen molar-refractivity contribution in [2.24, 2.45) is 0 Å². The van der Waals surface area contributed by atoms with E-state index in [1.54, 1.807) is 42.7 Å². The van der Waals surface area contributed by atoms with Crippen LogP contribution < -0.4 is 0 Å². The fraction of sp³-hybridized carbons (Fsp3) is 0.750. The van der Waals surface area contributed by atoms with E-state index < -0.39 is 17.6 Å². The van der Waals surface area contributed by atoms with Gasteiger partial charge in [-0.15, -0.1) is 0 Å². The van der Waals surface area contributed by atoms with Crippen LogP contribution in [0.15, 0.2) is 24.3 Å². The first-order valence-corrected chi connectivity index (χ1v) is 16.2. The second-order valence-corrected chi connectivity index (χ2v) is 14.1. The van der Waals surface area contributed by atoms with E-state index in [0.29, 0.717) is 38.1 Å². The number of hydrogen-bond acceptors (Lipinski definition) is 10. The van der Waals surface area contributed by atoms with Gasteiger partial charge in [0, 0.05) is 66.9 Å². The normalized spacial score (nSPS) is 12.5. The van der Waals surface area contributed by atoms with Crippen molar-refractivity contribution in [3.63, 3.8) is 0 Å². The molecule has 0 aromatic carbocycles. The Bertz CT molecular complexity index is 564. The van der Waals surface area contributed by atoms with Crippen LogP contribution in [-0.4, -0.2) is 85.4 Å². The van der Waals surface area contributed by atoms with Crippen molar-refractivity contribution in [3.05, 3.63) is 24.3 Å². The minimum Gasteiger partial charge on any atom is -0.463 e. The van der Waals surface area contributed by atoms with Crippen LogP contribution in [0.2, 0.25) is 12.1 Å². The smallest absolute Gasteiger partial charge is 0.463 e. The van der Waals surface area contributed by atoms with E-state index in [2.05, 4.69) is 0 Å². The predicted molar refractivity (Wildman–Crippen MR) is 140 cm³/mol. The molecular formula is C24H46O10Si2. The summed E-state index contributed by atoms with van der Waals surface area (Å²) in [6.45, 7) is 0.597. The van der Waals surface area contributed by atoms with Gasteiger partial charge in [-0.1, -0.05) is 25.0 Å². The van der Waals surface area contributed by atoms with Crippen LogP contribution in [0, 0.1) is 0 Å². The molecule has 0 spiro atoms. The zero-order valence-electron chi connectivity index (χ0n) is 22.9. The minimum absolute atomic E-state index is 0.298. The number of carbonyl (C=O) groups excluding carboxylic acids is 2.